The minimum absolute atomic E-state index is 0.239. The summed E-state index contributed by atoms with van der Waals surface area (Å²) in [6.45, 7) is 16.0. The number of aromatic nitrogens is 1. The molecule has 1 aromatic heterocycles. The Morgan fingerprint density at radius 2 is 1.69 bits per heavy atom. The van der Waals surface area contributed by atoms with Gasteiger partial charge in [0.15, 0.2) is 0 Å². The maximum absolute atomic E-state index is 2.34. The normalized spacial score (nSPS) is 19.8. The van der Waals surface area contributed by atoms with E-state index in [4.69, 9.17) is 0 Å². The number of hydrogen-bond donors (Lipinski definition) is 0. The van der Waals surface area contributed by atoms with Crippen molar-refractivity contribution in [1.29, 1.82) is 0 Å². The van der Waals surface area contributed by atoms with Gasteiger partial charge in [-0.05, 0) is 16.4 Å². The Kier molecular flexibility index (Phi) is 2.34. The minimum Gasteiger partial charge on any atom is -0.334 e. The highest BCUT2D eigenvalue weighted by Gasteiger charge is 2.36. The topological polar surface area (TPSA) is 3.88 Å². The van der Waals surface area contributed by atoms with E-state index >= 15 is 0 Å². The third-order valence-electron chi connectivity index (χ3n) is 3.44. The van der Waals surface area contributed by atoms with Crippen molar-refractivity contribution in [2.75, 3.05) is 0 Å². The fourth-order valence-electron chi connectivity index (χ4n) is 2.19. The molecular weight excluding hydrogens is 194 g/mol. The van der Waals surface area contributed by atoms with E-state index in [0.29, 0.717) is 11.3 Å². The van der Waals surface area contributed by atoms with Gasteiger partial charge in [0.2, 0.25) is 0 Å². The minimum atomic E-state index is 0.239. The molecule has 0 fully saturated rings. The first-order valence-corrected chi connectivity index (χ1v) is 6.10. The van der Waals surface area contributed by atoms with Crippen molar-refractivity contribution < 1.29 is 4.57 Å². The molecule has 0 amide bonds. The van der Waals surface area contributed by atoms with Crippen LogP contribution in [0, 0.1) is 12.0 Å². The van der Waals surface area contributed by atoms with Crippen molar-refractivity contribution in [2.24, 2.45) is 5.41 Å². The quantitative estimate of drug-likeness (QED) is 0.463. The number of pyridine rings is 1. The lowest BCUT2D eigenvalue weighted by Gasteiger charge is -2.41. The lowest BCUT2D eigenvalue weighted by atomic mass is 9.74. The number of rotatable bonds is 0. The summed E-state index contributed by atoms with van der Waals surface area (Å²) < 4.78 is 2.29. The largest absolute Gasteiger partial charge is 0.334 e. The summed E-state index contributed by atoms with van der Waals surface area (Å²) in [7, 11) is 0. The zero-order valence-corrected chi connectivity index (χ0v) is 11.3. The van der Waals surface area contributed by atoms with Crippen molar-refractivity contribution >= 4 is 0 Å². The molecule has 1 aromatic rings. The molecule has 0 aromatic carbocycles. The lowest BCUT2D eigenvalue weighted by molar-refractivity contribution is -0.685. The predicted octanol–water partition coefficient (Wildman–Crippen LogP) is 3.42. The molecule has 0 bridgehead atoms. The highest BCUT2D eigenvalue weighted by molar-refractivity contribution is 5.24. The Morgan fingerprint density at radius 1 is 1.06 bits per heavy atom. The smallest absolute Gasteiger partial charge is 0.0836 e. The summed E-state index contributed by atoms with van der Waals surface area (Å²) >= 11 is 0. The van der Waals surface area contributed by atoms with Crippen LogP contribution in [-0.4, -0.2) is 0 Å². The molecule has 0 spiro atoms. The summed E-state index contributed by atoms with van der Waals surface area (Å²) in [5.41, 5.74) is 3.42. The first-order chi connectivity index (χ1) is 7.19. The Morgan fingerprint density at radius 3 is 2.12 bits per heavy atom. The van der Waals surface area contributed by atoms with E-state index in [0.717, 1.165) is 0 Å². The van der Waals surface area contributed by atoms with Crippen molar-refractivity contribution in [3.63, 3.8) is 0 Å². The molecule has 1 nitrogen and oxygen atoms in total. The summed E-state index contributed by atoms with van der Waals surface area (Å²) in [5.74, 6) is 0.599. The van der Waals surface area contributed by atoms with E-state index in [1.165, 1.54) is 11.3 Å². The molecule has 1 atom stereocenters. The number of nitrogens with zero attached hydrogens (tertiary/aromatic N) is 1. The van der Waals surface area contributed by atoms with E-state index < -0.39 is 0 Å². The second-order valence-corrected chi connectivity index (χ2v) is 6.99. The van der Waals surface area contributed by atoms with E-state index in [2.05, 4.69) is 71.0 Å². The van der Waals surface area contributed by atoms with Crippen LogP contribution in [0.3, 0.4) is 0 Å². The Hall–Kier alpha value is -0.980. The van der Waals surface area contributed by atoms with Crippen molar-refractivity contribution in [2.45, 2.75) is 52.9 Å². The zero-order chi connectivity index (χ0) is 12.1. The third kappa shape index (κ3) is 1.83. The number of fused-ring (bicyclic) bond motifs is 1. The van der Waals surface area contributed by atoms with E-state index in [1.807, 2.05) is 0 Å². The van der Waals surface area contributed by atoms with Gasteiger partial charge in [0.25, 0.3) is 0 Å². The highest BCUT2D eigenvalue weighted by atomic mass is 15.0. The summed E-state index contributed by atoms with van der Waals surface area (Å²) in [6, 6.07) is 4.56. The fraction of sp³-hybridized carbons (Fsp3) is 0.600. The molecule has 0 saturated heterocycles. The summed E-state index contributed by atoms with van der Waals surface area (Å²) in [6.07, 6.45) is 2.28. The maximum atomic E-state index is 2.34. The molecule has 0 aliphatic carbocycles. The van der Waals surface area contributed by atoms with Crippen LogP contribution < -0.4 is 4.57 Å². The molecule has 1 aliphatic heterocycles. The van der Waals surface area contributed by atoms with Crippen molar-refractivity contribution in [3.8, 4) is 0 Å². The summed E-state index contributed by atoms with van der Waals surface area (Å²) in [5, 5.41) is 0. The van der Waals surface area contributed by atoms with E-state index in [-0.39, 0.29) is 5.41 Å². The molecule has 2 heterocycles. The van der Waals surface area contributed by atoms with Crippen LogP contribution in [0.25, 0.3) is 0 Å². The Labute approximate surface area is 99.5 Å². The van der Waals surface area contributed by atoms with Crippen LogP contribution >= 0.6 is 0 Å². The van der Waals surface area contributed by atoms with Crippen LogP contribution in [0.5, 0.6) is 0 Å². The maximum Gasteiger partial charge on any atom is 0.0836 e. The van der Waals surface area contributed by atoms with Crippen LogP contribution in [-0.2, 0) is 5.41 Å². The predicted molar refractivity (Wildman–Crippen MR) is 67.2 cm³/mol. The Bertz CT molecular complexity index is 404. The van der Waals surface area contributed by atoms with Gasteiger partial charge < -0.3 is 4.57 Å². The van der Waals surface area contributed by atoms with Gasteiger partial charge in [-0.1, -0.05) is 53.7 Å². The van der Waals surface area contributed by atoms with Gasteiger partial charge in [-0.3, -0.25) is 0 Å². The molecule has 0 saturated carbocycles. The van der Waals surface area contributed by atoms with Gasteiger partial charge in [0, 0.05) is 12.5 Å². The zero-order valence-electron chi connectivity index (χ0n) is 11.3. The highest BCUT2D eigenvalue weighted by Crippen LogP contribution is 2.40. The lowest BCUT2D eigenvalue weighted by Crippen LogP contribution is -2.54. The van der Waals surface area contributed by atoms with Gasteiger partial charge >= 0.3 is 0 Å². The van der Waals surface area contributed by atoms with Gasteiger partial charge in [0.05, 0.1) is 11.9 Å². The van der Waals surface area contributed by atoms with Crippen molar-refractivity contribution in [3.05, 3.63) is 36.1 Å². The molecule has 1 aliphatic rings. The number of hydrogen-bond acceptors (Lipinski definition) is 0. The second kappa shape index (κ2) is 3.26. The molecule has 1 heteroatoms. The molecule has 0 N–H and O–H groups in total. The van der Waals surface area contributed by atoms with E-state index in [9.17, 15) is 0 Å². The first-order valence-electron chi connectivity index (χ1n) is 6.10. The van der Waals surface area contributed by atoms with Crippen LogP contribution in [0.1, 0.15) is 58.7 Å². The molecule has 88 valence electrons. The average Bonchev–Trinajstić information content (AvgIpc) is 2.02. The molecule has 16 heavy (non-hydrogen) atoms. The van der Waals surface area contributed by atoms with Gasteiger partial charge in [0.1, 0.15) is 0 Å². The van der Waals surface area contributed by atoms with Gasteiger partial charge in [-0.2, -0.15) is 0 Å². The van der Waals surface area contributed by atoms with Crippen LogP contribution in [0.4, 0.5) is 0 Å². The fourth-order valence-corrected chi connectivity index (χ4v) is 2.19. The Balaban J connectivity index is 2.31. The molecule has 0 radical (unpaired) electrons. The van der Waals surface area contributed by atoms with Crippen LogP contribution in [0.15, 0.2) is 18.3 Å². The SMILES string of the molecule is CC(C)(C)c1ccc2[n+](c1)[CH-]C2C(C)(C)C. The molecular formula is C15H23N. The average molecular weight is 217 g/mol. The summed E-state index contributed by atoms with van der Waals surface area (Å²) in [4.78, 5) is 0. The van der Waals surface area contributed by atoms with Gasteiger partial charge in [-0.15, -0.1) is 0 Å². The molecule has 2 rings (SSSR count). The molecule has 1 unspecified atom stereocenters. The third-order valence-corrected chi connectivity index (χ3v) is 3.44. The second-order valence-electron chi connectivity index (χ2n) is 6.99. The van der Waals surface area contributed by atoms with Gasteiger partial charge in [-0.25, -0.2) is 0 Å². The standard InChI is InChI=1S/C15H23N/c1-14(2,3)11-7-8-13-12(15(4,5)6)10-16(13)9-11/h7-10,12H,1-6H3. The first kappa shape index (κ1) is 11.5. The monoisotopic (exact) mass is 217 g/mol. The van der Waals surface area contributed by atoms with Crippen LogP contribution in [0.2, 0.25) is 0 Å². The van der Waals surface area contributed by atoms with Crippen molar-refractivity contribution in [1.82, 2.24) is 0 Å². The van der Waals surface area contributed by atoms with E-state index in [1.54, 1.807) is 0 Å².